The van der Waals surface area contributed by atoms with Gasteiger partial charge in [-0.2, -0.15) is 13.2 Å². The number of alkyl halides is 3. The number of aromatic carboxylic acids is 1. The van der Waals surface area contributed by atoms with Crippen LogP contribution in [0, 0.1) is 5.92 Å². The summed E-state index contributed by atoms with van der Waals surface area (Å²) in [6.07, 6.45) is 0. The number of benzene rings is 1. The van der Waals surface area contributed by atoms with Crippen molar-refractivity contribution in [3.8, 4) is 0 Å². The predicted octanol–water partition coefficient (Wildman–Crippen LogP) is 2.06. The molecule has 0 spiro atoms. The number of carbonyl (C=O) groups is 2. The predicted molar refractivity (Wildman–Crippen MR) is 73.8 cm³/mol. The highest BCUT2D eigenvalue weighted by Gasteiger charge is 2.49. The van der Waals surface area contributed by atoms with Crippen molar-refractivity contribution in [2.45, 2.75) is 24.3 Å². The molecule has 0 saturated heterocycles. The number of rotatable bonds is 5. The number of sulfone groups is 1. The Labute approximate surface area is 130 Å². The molecule has 0 saturated carbocycles. The maximum Gasteiger partial charge on any atom is 0.501 e. The molecule has 0 radical (unpaired) electrons. The van der Waals surface area contributed by atoms with Gasteiger partial charge in [0.2, 0.25) is 0 Å². The van der Waals surface area contributed by atoms with Crippen LogP contribution in [0.5, 0.6) is 0 Å². The summed E-state index contributed by atoms with van der Waals surface area (Å²) >= 11 is 0. The molecule has 10 heteroatoms. The van der Waals surface area contributed by atoms with Crippen LogP contribution >= 0.6 is 0 Å². The lowest BCUT2D eigenvalue weighted by Gasteiger charge is -2.14. The van der Waals surface area contributed by atoms with Gasteiger partial charge in [-0.05, 0) is 18.1 Å². The van der Waals surface area contributed by atoms with Crippen molar-refractivity contribution < 1.29 is 36.3 Å². The molecule has 128 valence electrons. The zero-order valence-corrected chi connectivity index (χ0v) is 13.0. The highest BCUT2D eigenvalue weighted by molar-refractivity contribution is 7.92. The van der Waals surface area contributed by atoms with E-state index in [2.05, 4.69) is 5.32 Å². The van der Waals surface area contributed by atoms with E-state index in [4.69, 9.17) is 5.11 Å². The SMILES string of the molecule is CC(C)CNC(=O)c1cccc(S(=O)(=O)C(F)(F)F)c1C(=O)O. The maximum absolute atomic E-state index is 12.7. The Hall–Kier alpha value is -2.10. The molecule has 0 aliphatic rings. The summed E-state index contributed by atoms with van der Waals surface area (Å²) < 4.78 is 61.0. The molecule has 0 bridgehead atoms. The lowest BCUT2D eigenvalue weighted by Crippen LogP contribution is -2.31. The standard InChI is InChI=1S/C13H14F3NO5S/c1-7(2)6-17-11(18)8-4-3-5-9(10(8)12(19)20)23(21,22)13(14,15)16/h3-5,7H,6H2,1-2H3,(H,17,18)(H,19,20). The molecule has 2 N–H and O–H groups in total. The fourth-order valence-corrected chi connectivity index (χ4v) is 2.65. The van der Waals surface area contributed by atoms with Gasteiger partial charge < -0.3 is 10.4 Å². The van der Waals surface area contributed by atoms with Gasteiger partial charge in [0, 0.05) is 6.54 Å². The van der Waals surface area contributed by atoms with Crippen molar-refractivity contribution in [3.63, 3.8) is 0 Å². The van der Waals surface area contributed by atoms with Crippen LogP contribution in [0.25, 0.3) is 0 Å². The second-order valence-corrected chi connectivity index (χ2v) is 6.95. The van der Waals surface area contributed by atoms with Crippen molar-refractivity contribution in [2.24, 2.45) is 5.92 Å². The van der Waals surface area contributed by atoms with Crippen LogP contribution in [0.3, 0.4) is 0 Å². The zero-order valence-electron chi connectivity index (χ0n) is 12.1. The van der Waals surface area contributed by atoms with E-state index in [1.165, 1.54) is 0 Å². The minimum absolute atomic E-state index is 0.00863. The first-order chi connectivity index (χ1) is 10.4. The molecule has 1 aromatic carbocycles. The summed E-state index contributed by atoms with van der Waals surface area (Å²) in [7, 11) is -5.90. The maximum atomic E-state index is 12.7. The molecule has 0 aliphatic carbocycles. The molecule has 0 aromatic heterocycles. The minimum atomic E-state index is -5.90. The van der Waals surface area contributed by atoms with Crippen LogP contribution in [-0.2, 0) is 9.84 Å². The van der Waals surface area contributed by atoms with Crippen molar-refractivity contribution in [2.75, 3.05) is 6.54 Å². The third-order valence-corrected chi connectivity index (χ3v) is 4.28. The van der Waals surface area contributed by atoms with Crippen molar-refractivity contribution in [3.05, 3.63) is 29.3 Å². The molecule has 0 heterocycles. The van der Waals surface area contributed by atoms with Gasteiger partial charge in [0.15, 0.2) is 0 Å². The van der Waals surface area contributed by atoms with Crippen LogP contribution in [0.2, 0.25) is 0 Å². The van der Waals surface area contributed by atoms with Crippen LogP contribution in [0.15, 0.2) is 23.1 Å². The molecule has 0 aliphatic heterocycles. The Bertz CT molecular complexity index is 726. The van der Waals surface area contributed by atoms with Gasteiger partial charge in [0.25, 0.3) is 15.7 Å². The molecule has 1 rings (SSSR count). The fourth-order valence-electron chi connectivity index (χ4n) is 1.68. The van der Waals surface area contributed by atoms with Gasteiger partial charge in [0.05, 0.1) is 16.0 Å². The smallest absolute Gasteiger partial charge is 0.478 e. The number of carboxylic acid groups (broad SMARTS) is 1. The monoisotopic (exact) mass is 353 g/mol. The average molecular weight is 353 g/mol. The normalized spacial score (nSPS) is 12.3. The Kier molecular flexibility index (Phi) is 5.41. The number of hydrogen-bond acceptors (Lipinski definition) is 4. The summed E-state index contributed by atoms with van der Waals surface area (Å²) in [5, 5.41) is 11.4. The second kappa shape index (κ2) is 6.57. The first-order valence-electron chi connectivity index (χ1n) is 6.35. The summed E-state index contributed by atoms with van der Waals surface area (Å²) in [5.41, 5.74) is -7.53. The van der Waals surface area contributed by atoms with Crippen molar-refractivity contribution in [1.82, 2.24) is 5.32 Å². The average Bonchev–Trinajstić information content (AvgIpc) is 2.42. The Morgan fingerprint density at radius 2 is 1.83 bits per heavy atom. The highest BCUT2D eigenvalue weighted by atomic mass is 32.2. The molecule has 23 heavy (non-hydrogen) atoms. The van der Waals surface area contributed by atoms with Gasteiger partial charge in [0.1, 0.15) is 0 Å². The summed E-state index contributed by atoms with van der Waals surface area (Å²) in [6.45, 7) is 3.65. The molecule has 0 fully saturated rings. The fraction of sp³-hybridized carbons (Fsp3) is 0.385. The number of hydrogen-bond donors (Lipinski definition) is 2. The number of carbonyl (C=O) groups excluding carboxylic acids is 1. The number of nitrogens with one attached hydrogen (secondary N) is 1. The first-order valence-corrected chi connectivity index (χ1v) is 7.83. The highest BCUT2D eigenvalue weighted by Crippen LogP contribution is 2.33. The van der Waals surface area contributed by atoms with Gasteiger partial charge >= 0.3 is 11.5 Å². The van der Waals surface area contributed by atoms with Crippen molar-refractivity contribution in [1.29, 1.82) is 0 Å². The van der Waals surface area contributed by atoms with E-state index in [9.17, 15) is 31.2 Å². The van der Waals surface area contributed by atoms with E-state index < -0.39 is 43.2 Å². The van der Waals surface area contributed by atoms with Gasteiger partial charge in [-0.1, -0.05) is 19.9 Å². The van der Waals surface area contributed by atoms with Gasteiger partial charge in [-0.25, -0.2) is 13.2 Å². The van der Waals surface area contributed by atoms with Crippen LogP contribution in [-0.4, -0.2) is 37.5 Å². The lowest BCUT2D eigenvalue weighted by molar-refractivity contribution is -0.0436. The van der Waals surface area contributed by atoms with E-state index in [-0.39, 0.29) is 12.5 Å². The first kappa shape index (κ1) is 18.9. The zero-order chi connectivity index (χ0) is 18.0. The van der Waals surface area contributed by atoms with Crippen LogP contribution < -0.4 is 5.32 Å². The van der Waals surface area contributed by atoms with E-state index in [1.54, 1.807) is 13.8 Å². The summed E-state index contributed by atoms with van der Waals surface area (Å²) in [6, 6.07) is 2.34. The Morgan fingerprint density at radius 1 is 1.26 bits per heavy atom. The topological polar surface area (TPSA) is 101 Å². The molecule has 1 amide bonds. The minimum Gasteiger partial charge on any atom is -0.478 e. The largest absolute Gasteiger partial charge is 0.501 e. The third kappa shape index (κ3) is 4.01. The molecule has 6 nitrogen and oxygen atoms in total. The van der Waals surface area contributed by atoms with Crippen LogP contribution in [0.4, 0.5) is 13.2 Å². The van der Waals surface area contributed by atoms with E-state index in [0.717, 1.165) is 12.1 Å². The number of carboxylic acids is 1. The second-order valence-electron chi connectivity index (χ2n) is 5.04. The molecular weight excluding hydrogens is 339 g/mol. The van der Waals surface area contributed by atoms with Crippen molar-refractivity contribution >= 4 is 21.7 Å². The van der Waals surface area contributed by atoms with E-state index in [0.29, 0.717) is 6.07 Å². The molecule has 1 aromatic rings. The quantitative estimate of drug-likeness (QED) is 0.844. The molecule has 0 atom stereocenters. The van der Waals surface area contributed by atoms with Gasteiger partial charge in [-0.3, -0.25) is 4.79 Å². The summed E-state index contributed by atoms with van der Waals surface area (Å²) in [5.74, 6) is -2.90. The van der Waals surface area contributed by atoms with Gasteiger partial charge in [-0.15, -0.1) is 0 Å². The summed E-state index contributed by atoms with van der Waals surface area (Å²) in [4.78, 5) is 21.7. The number of amides is 1. The number of halogens is 3. The Balaban J connectivity index is 3.51. The van der Waals surface area contributed by atoms with E-state index >= 15 is 0 Å². The molecular formula is C13H14F3NO5S. The third-order valence-electron chi connectivity index (χ3n) is 2.75. The van der Waals surface area contributed by atoms with E-state index in [1.807, 2.05) is 0 Å². The lowest BCUT2D eigenvalue weighted by atomic mass is 10.1. The molecule has 0 unspecified atom stereocenters. The Morgan fingerprint density at radius 3 is 2.26 bits per heavy atom. The van der Waals surface area contributed by atoms with Crippen LogP contribution in [0.1, 0.15) is 34.6 Å².